The Kier molecular flexibility index (Phi) is 8.05. The van der Waals surface area contributed by atoms with Gasteiger partial charge in [-0.05, 0) is 17.2 Å². The van der Waals surface area contributed by atoms with Gasteiger partial charge in [-0.25, -0.2) is 4.79 Å². The molecule has 2 aliphatic rings. The predicted octanol–water partition coefficient (Wildman–Crippen LogP) is 0.924. The van der Waals surface area contributed by atoms with E-state index in [-0.39, 0.29) is 5.69 Å². The number of hydrogen-bond acceptors (Lipinski definition) is 5. The summed E-state index contributed by atoms with van der Waals surface area (Å²) in [7, 11) is 1.31. The number of ether oxygens (including phenoxy) is 1. The van der Waals surface area contributed by atoms with Crippen LogP contribution in [0.25, 0.3) is 11.1 Å². The molecule has 0 heterocycles. The van der Waals surface area contributed by atoms with Crippen molar-refractivity contribution in [2.45, 2.75) is 6.92 Å². The van der Waals surface area contributed by atoms with Crippen LogP contribution in [0, 0.1) is 0 Å². The molecule has 0 bridgehead atoms. The van der Waals surface area contributed by atoms with Gasteiger partial charge < -0.3 is 4.74 Å². The fourth-order valence-electron chi connectivity index (χ4n) is 1.82. The van der Waals surface area contributed by atoms with E-state index in [4.69, 9.17) is 8.19 Å². The van der Waals surface area contributed by atoms with Crippen molar-refractivity contribution in [2.24, 2.45) is 0 Å². The second kappa shape index (κ2) is 9.77. The Morgan fingerprint density at radius 3 is 2.00 bits per heavy atom. The van der Waals surface area contributed by atoms with Gasteiger partial charge in [0, 0.05) is 6.08 Å². The summed E-state index contributed by atoms with van der Waals surface area (Å²) in [5, 5.41) is 11.7. The van der Waals surface area contributed by atoms with Crippen LogP contribution < -0.4 is 9.67 Å². The number of methoxy groups -OCH3 is 1. The maximum absolute atomic E-state index is 11.0. The van der Waals surface area contributed by atoms with Gasteiger partial charge in [-0.3, -0.25) is 0 Å². The molecule has 0 saturated heterocycles. The second-order valence-corrected chi connectivity index (χ2v) is 8.50. The Morgan fingerprint density at radius 1 is 1.15 bits per heavy atom. The summed E-state index contributed by atoms with van der Waals surface area (Å²) >= 11 is -5.15. The number of nitrogens with one attached hydrogen (secondary N) is 1. The van der Waals surface area contributed by atoms with E-state index in [2.05, 4.69) is 40.9 Å². The maximum atomic E-state index is 11.0. The monoisotopic (exact) mass is 437 g/mol. The van der Waals surface area contributed by atoms with Crippen LogP contribution in [0.5, 0.6) is 5.75 Å². The number of para-hydroxylation sites is 1. The smallest absolute Gasteiger partial charge is 0.0178 e. The van der Waals surface area contributed by atoms with E-state index in [9.17, 15) is 18.4 Å². The van der Waals surface area contributed by atoms with E-state index in [1.807, 2.05) is 0 Å². The minimum Gasteiger partial charge on any atom is -0.0610 e. The number of esters is 1. The van der Waals surface area contributed by atoms with Crippen LogP contribution in [0.1, 0.15) is 6.92 Å². The van der Waals surface area contributed by atoms with Crippen LogP contribution >= 0.6 is 0 Å². The maximum Gasteiger partial charge on any atom is -0.0178 e. The summed E-state index contributed by atoms with van der Waals surface area (Å²) in [5.74, 6) is -1.41. The van der Waals surface area contributed by atoms with Crippen LogP contribution in [0.15, 0.2) is 55.1 Å². The van der Waals surface area contributed by atoms with Gasteiger partial charge in [0.1, 0.15) is 0 Å². The van der Waals surface area contributed by atoms with Crippen LogP contribution in [0.4, 0.5) is 5.69 Å². The van der Waals surface area contributed by atoms with Crippen molar-refractivity contribution in [3.63, 3.8) is 0 Å². The molecule has 0 atom stereocenters. The fourth-order valence-corrected chi connectivity index (χ4v) is 3.24. The summed E-state index contributed by atoms with van der Waals surface area (Å²) < 4.78 is 32.5. The Balaban J connectivity index is 0.000000246. The molecule has 3 rings (SSSR count). The molecule has 4 N–H and O–H groups in total. The molecule has 1 amide bonds. The fraction of sp³-hybridized carbons (Fsp3) is 0.111. The largest absolute Gasteiger partial charge is 0.0610 e. The Labute approximate surface area is 159 Å². The molecule has 0 fully saturated rings. The van der Waals surface area contributed by atoms with Gasteiger partial charge in [0.15, 0.2) is 0 Å². The van der Waals surface area contributed by atoms with Gasteiger partial charge in [-0.15, -0.1) is 0 Å². The normalized spacial score (nSPS) is 10.2. The number of phenolic OH excluding ortho intramolecular Hbond substituents is 1. The third-order valence-corrected chi connectivity index (χ3v) is 5.19. The summed E-state index contributed by atoms with van der Waals surface area (Å²) in [5.41, 5.74) is 2.84. The number of rotatable bonds is 3. The van der Waals surface area contributed by atoms with Crippen molar-refractivity contribution in [3.05, 3.63) is 55.1 Å². The van der Waals surface area contributed by atoms with Gasteiger partial charge in [-0.2, -0.15) is 0 Å². The first-order chi connectivity index (χ1) is 12.6. The van der Waals surface area contributed by atoms with Gasteiger partial charge in [0.2, 0.25) is 0 Å². The molecular formula is C18H20AsNO7. The van der Waals surface area contributed by atoms with Crippen LogP contribution in [0.2, 0.25) is 0 Å². The number of fused-ring (bicyclic) bond motifs is 1. The molecular weight excluding hydrogens is 417 g/mol. The Hall–Kier alpha value is -2.80. The number of carbonyl (C=O) groups is 2. The SMILES string of the molecule is C=CC(=O)OC.CC(=O)Nc1cccc([As](=O)(O)O)c1O.c1cc2cc-2c1. The van der Waals surface area contributed by atoms with Gasteiger partial charge in [-0.1, -0.05) is 24.8 Å². The molecule has 0 spiro atoms. The second-order valence-electron chi connectivity index (χ2n) is 5.21. The van der Waals surface area contributed by atoms with Crippen molar-refractivity contribution in [1.82, 2.24) is 0 Å². The molecule has 0 aromatic heterocycles. The Morgan fingerprint density at radius 2 is 1.70 bits per heavy atom. The topological polar surface area (TPSA) is 133 Å². The quantitative estimate of drug-likeness (QED) is 0.207. The molecule has 8 nitrogen and oxygen atoms in total. The van der Waals surface area contributed by atoms with E-state index < -0.39 is 36.1 Å². The summed E-state index contributed by atoms with van der Waals surface area (Å²) in [6.45, 7) is 4.39. The summed E-state index contributed by atoms with van der Waals surface area (Å²) in [6.07, 6.45) is 1.11. The molecule has 0 saturated carbocycles. The minimum atomic E-state index is -5.15. The van der Waals surface area contributed by atoms with Gasteiger partial charge >= 0.3 is 94.1 Å². The van der Waals surface area contributed by atoms with Gasteiger partial charge in [0.05, 0.1) is 7.11 Å². The molecule has 144 valence electrons. The van der Waals surface area contributed by atoms with E-state index in [1.54, 1.807) is 0 Å². The van der Waals surface area contributed by atoms with Crippen LogP contribution in [-0.2, 0) is 18.1 Å². The van der Waals surface area contributed by atoms with Crippen molar-refractivity contribution in [3.8, 4) is 16.9 Å². The first-order valence-electron chi connectivity index (χ1n) is 7.56. The number of phenols is 1. The molecule has 9 heteroatoms. The number of aromatic hydroxyl groups is 1. The zero-order valence-corrected chi connectivity index (χ0v) is 16.6. The number of benzene rings is 2. The third kappa shape index (κ3) is 7.53. The average Bonchev–Trinajstić information content (AvgIpc) is 3.21. The standard InChI is InChI=1S/C8H10AsNO5.C6H4.C4H6O2/c1-5(11)10-7-4-2-3-6(8(7)12)9(13,14)15;1-2-5-4-6(5)3-1;1-3-4(5)6-2/h2-4,12H,1H3,(H,10,11)(H2,13,14,15);1-4H;3H,1H2,2H3. The zero-order chi connectivity index (χ0) is 20.6. The van der Waals surface area contributed by atoms with Crippen molar-refractivity contribution < 1.29 is 31.4 Å². The van der Waals surface area contributed by atoms with E-state index in [0.717, 1.165) is 12.1 Å². The molecule has 0 radical (unpaired) electrons. The molecule has 27 heavy (non-hydrogen) atoms. The predicted molar refractivity (Wildman–Crippen MR) is 101 cm³/mol. The van der Waals surface area contributed by atoms with Crippen LogP contribution in [-0.4, -0.2) is 46.5 Å². The van der Waals surface area contributed by atoms with Crippen molar-refractivity contribution in [2.75, 3.05) is 12.4 Å². The van der Waals surface area contributed by atoms with E-state index >= 15 is 0 Å². The first kappa shape index (κ1) is 22.2. The van der Waals surface area contributed by atoms with Crippen molar-refractivity contribution in [1.29, 1.82) is 0 Å². The number of hydrogen-bond donors (Lipinski definition) is 4. The van der Waals surface area contributed by atoms with Gasteiger partial charge in [0.25, 0.3) is 0 Å². The number of amides is 1. The summed E-state index contributed by atoms with van der Waals surface area (Å²) in [6, 6.07) is 12.3. The molecule has 0 unspecified atom stereocenters. The third-order valence-electron chi connectivity index (χ3n) is 3.12. The van der Waals surface area contributed by atoms with Crippen molar-refractivity contribution >= 4 is 36.1 Å². The van der Waals surface area contributed by atoms with E-state index in [0.29, 0.717) is 0 Å². The van der Waals surface area contributed by atoms with E-state index in [1.165, 1.54) is 37.3 Å². The average molecular weight is 437 g/mol. The summed E-state index contributed by atoms with van der Waals surface area (Å²) in [4.78, 5) is 20.6. The molecule has 1 aromatic carbocycles. The zero-order valence-electron chi connectivity index (χ0n) is 14.7. The number of carbonyl (C=O) groups excluding carboxylic acids is 2. The first-order valence-corrected chi connectivity index (χ1v) is 10.9. The van der Waals surface area contributed by atoms with Crippen LogP contribution in [0.3, 0.4) is 0 Å². The molecule has 1 aromatic rings. The Bertz CT molecular complexity index is 872. The molecule has 2 aliphatic carbocycles. The minimum absolute atomic E-state index is 0.00951. The molecule has 0 aliphatic heterocycles. The number of anilines is 1.